The molecule has 1 aliphatic carbocycles. The van der Waals surface area contributed by atoms with Crippen LogP contribution < -0.4 is 5.73 Å². The van der Waals surface area contributed by atoms with Crippen molar-refractivity contribution in [1.29, 1.82) is 0 Å². The number of carbonyl (C=O) groups excluding carboxylic acids is 1. The van der Waals surface area contributed by atoms with Crippen molar-refractivity contribution >= 4 is 5.91 Å². The van der Waals surface area contributed by atoms with Gasteiger partial charge in [0.25, 0.3) is 0 Å². The van der Waals surface area contributed by atoms with Gasteiger partial charge in [0, 0.05) is 25.7 Å². The van der Waals surface area contributed by atoms with Gasteiger partial charge in [0.15, 0.2) is 0 Å². The number of carbonyl (C=O) groups is 1. The minimum atomic E-state index is 0.231. The van der Waals surface area contributed by atoms with Gasteiger partial charge < -0.3 is 15.4 Å². The normalized spacial score (nSPS) is 24.6. The molecule has 0 aromatic carbocycles. The van der Waals surface area contributed by atoms with E-state index in [1.54, 1.807) is 7.11 Å². The molecule has 1 rings (SSSR count). The highest BCUT2D eigenvalue weighted by Gasteiger charge is 2.26. The molecule has 4 nitrogen and oxygen atoms in total. The molecule has 0 radical (unpaired) electrons. The van der Waals surface area contributed by atoms with Gasteiger partial charge >= 0.3 is 0 Å². The molecular formula is C13H26N2O2. The lowest BCUT2D eigenvalue weighted by molar-refractivity contribution is -0.135. The second kappa shape index (κ2) is 7.67. The number of hydrogen-bond acceptors (Lipinski definition) is 3. The SMILES string of the molecule is CCCN(C(=O)CCOC)C1CCC(N)CC1. The van der Waals surface area contributed by atoms with Crippen LogP contribution >= 0.6 is 0 Å². The monoisotopic (exact) mass is 242 g/mol. The number of nitrogens with two attached hydrogens (primary N) is 1. The molecule has 0 aromatic rings. The van der Waals surface area contributed by atoms with Gasteiger partial charge in [-0.05, 0) is 32.1 Å². The van der Waals surface area contributed by atoms with Crippen LogP contribution in [-0.2, 0) is 9.53 Å². The second-order valence-electron chi connectivity index (χ2n) is 4.90. The molecule has 1 saturated carbocycles. The van der Waals surface area contributed by atoms with Gasteiger partial charge in [-0.15, -0.1) is 0 Å². The van der Waals surface area contributed by atoms with Crippen LogP contribution in [0.15, 0.2) is 0 Å². The average Bonchev–Trinajstić information content (AvgIpc) is 2.34. The molecule has 1 aliphatic rings. The fraction of sp³-hybridized carbons (Fsp3) is 0.923. The summed E-state index contributed by atoms with van der Waals surface area (Å²) < 4.78 is 4.98. The van der Waals surface area contributed by atoms with E-state index in [1.807, 2.05) is 4.90 Å². The van der Waals surface area contributed by atoms with E-state index in [0.29, 0.717) is 25.1 Å². The van der Waals surface area contributed by atoms with E-state index in [4.69, 9.17) is 10.5 Å². The number of amides is 1. The summed E-state index contributed by atoms with van der Waals surface area (Å²) in [5.41, 5.74) is 5.90. The lowest BCUT2D eigenvalue weighted by Gasteiger charge is -2.36. The Morgan fingerprint density at radius 1 is 1.35 bits per heavy atom. The van der Waals surface area contributed by atoms with Crippen LogP contribution in [0.5, 0.6) is 0 Å². The van der Waals surface area contributed by atoms with Crippen molar-refractivity contribution in [2.75, 3.05) is 20.3 Å². The van der Waals surface area contributed by atoms with Crippen LogP contribution in [-0.4, -0.2) is 43.2 Å². The third-order valence-corrected chi connectivity index (χ3v) is 3.49. The summed E-state index contributed by atoms with van der Waals surface area (Å²) in [6.07, 6.45) is 5.71. The topological polar surface area (TPSA) is 55.6 Å². The fourth-order valence-corrected chi connectivity index (χ4v) is 2.50. The van der Waals surface area contributed by atoms with E-state index >= 15 is 0 Å². The van der Waals surface area contributed by atoms with Crippen molar-refractivity contribution in [2.45, 2.75) is 57.5 Å². The molecule has 1 amide bonds. The first-order chi connectivity index (χ1) is 8.19. The highest BCUT2D eigenvalue weighted by molar-refractivity contribution is 5.76. The maximum Gasteiger partial charge on any atom is 0.225 e. The number of nitrogens with zero attached hydrogens (tertiary/aromatic N) is 1. The van der Waals surface area contributed by atoms with E-state index < -0.39 is 0 Å². The molecule has 17 heavy (non-hydrogen) atoms. The van der Waals surface area contributed by atoms with Gasteiger partial charge in [-0.25, -0.2) is 0 Å². The van der Waals surface area contributed by atoms with Crippen LogP contribution in [0, 0.1) is 0 Å². The molecule has 0 aliphatic heterocycles. The van der Waals surface area contributed by atoms with Crippen LogP contribution in [0.1, 0.15) is 45.4 Å². The summed E-state index contributed by atoms with van der Waals surface area (Å²) >= 11 is 0. The number of rotatable bonds is 6. The van der Waals surface area contributed by atoms with E-state index in [2.05, 4.69) is 6.92 Å². The van der Waals surface area contributed by atoms with E-state index in [9.17, 15) is 4.79 Å². The van der Waals surface area contributed by atoms with Gasteiger partial charge in [0.05, 0.1) is 13.0 Å². The Hall–Kier alpha value is -0.610. The van der Waals surface area contributed by atoms with E-state index in [1.165, 1.54) is 0 Å². The van der Waals surface area contributed by atoms with Gasteiger partial charge in [0.1, 0.15) is 0 Å². The predicted octanol–water partition coefficient (Wildman–Crippen LogP) is 1.53. The zero-order valence-electron chi connectivity index (χ0n) is 11.2. The van der Waals surface area contributed by atoms with Crippen molar-refractivity contribution in [1.82, 2.24) is 4.90 Å². The zero-order chi connectivity index (χ0) is 12.7. The number of ether oxygens (including phenoxy) is 1. The third-order valence-electron chi connectivity index (χ3n) is 3.49. The zero-order valence-corrected chi connectivity index (χ0v) is 11.2. The molecule has 0 saturated heterocycles. The molecule has 0 unspecified atom stereocenters. The average molecular weight is 242 g/mol. The predicted molar refractivity (Wildman–Crippen MR) is 68.7 cm³/mol. The molecule has 4 heteroatoms. The Balaban J connectivity index is 2.49. The largest absolute Gasteiger partial charge is 0.384 e. The quantitative estimate of drug-likeness (QED) is 0.768. The maximum atomic E-state index is 12.1. The third kappa shape index (κ3) is 4.64. The first-order valence-electron chi connectivity index (χ1n) is 6.73. The first-order valence-corrected chi connectivity index (χ1v) is 6.73. The van der Waals surface area contributed by atoms with Gasteiger partial charge in [-0.2, -0.15) is 0 Å². The van der Waals surface area contributed by atoms with Crippen LogP contribution in [0.25, 0.3) is 0 Å². The molecule has 0 heterocycles. The minimum Gasteiger partial charge on any atom is -0.384 e. The smallest absolute Gasteiger partial charge is 0.225 e. The Bertz CT molecular complexity index is 225. The van der Waals surface area contributed by atoms with Gasteiger partial charge in [0.2, 0.25) is 5.91 Å². The molecule has 0 spiro atoms. The molecule has 0 bridgehead atoms. The molecule has 2 N–H and O–H groups in total. The van der Waals surface area contributed by atoms with Gasteiger partial charge in [-0.1, -0.05) is 6.92 Å². The van der Waals surface area contributed by atoms with Crippen LogP contribution in [0.2, 0.25) is 0 Å². The Kier molecular flexibility index (Phi) is 6.52. The standard InChI is InChI=1S/C13H26N2O2/c1-3-9-15(13(16)8-10-17-2)12-6-4-11(14)5-7-12/h11-12H,3-10,14H2,1-2H3. The Morgan fingerprint density at radius 2 is 2.00 bits per heavy atom. The molecule has 0 atom stereocenters. The maximum absolute atomic E-state index is 12.1. The highest BCUT2D eigenvalue weighted by Crippen LogP contribution is 2.22. The molecule has 100 valence electrons. The van der Waals surface area contributed by atoms with E-state index in [0.717, 1.165) is 38.6 Å². The number of methoxy groups -OCH3 is 1. The summed E-state index contributed by atoms with van der Waals surface area (Å²) in [4.78, 5) is 14.1. The fourth-order valence-electron chi connectivity index (χ4n) is 2.50. The van der Waals surface area contributed by atoms with Crippen molar-refractivity contribution < 1.29 is 9.53 Å². The lowest BCUT2D eigenvalue weighted by atomic mass is 9.90. The minimum absolute atomic E-state index is 0.231. The summed E-state index contributed by atoms with van der Waals surface area (Å²) in [6, 6.07) is 0.739. The molecule has 1 fully saturated rings. The van der Waals surface area contributed by atoms with Crippen molar-refractivity contribution in [3.8, 4) is 0 Å². The van der Waals surface area contributed by atoms with Crippen molar-refractivity contribution in [3.63, 3.8) is 0 Å². The molecular weight excluding hydrogens is 216 g/mol. The highest BCUT2D eigenvalue weighted by atomic mass is 16.5. The number of hydrogen-bond donors (Lipinski definition) is 1. The summed E-state index contributed by atoms with van der Waals surface area (Å²) in [5.74, 6) is 0.231. The van der Waals surface area contributed by atoms with Crippen LogP contribution in [0.4, 0.5) is 0 Å². The van der Waals surface area contributed by atoms with Gasteiger partial charge in [-0.3, -0.25) is 4.79 Å². The first kappa shape index (κ1) is 14.5. The summed E-state index contributed by atoms with van der Waals surface area (Å²) in [7, 11) is 1.64. The Labute approximate surface area is 104 Å². The summed E-state index contributed by atoms with van der Waals surface area (Å²) in [6.45, 7) is 3.50. The lowest BCUT2D eigenvalue weighted by Crippen LogP contribution is -2.44. The van der Waals surface area contributed by atoms with E-state index in [-0.39, 0.29) is 5.91 Å². The Morgan fingerprint density at radius 3 is 2.53 bits per heavy atom. The second-order valence-corrected chi connectivity index (χ2v) is 4.90. The van der Waals surface area contributed by atoms with Crippen molar-refractivity contribution in [2.24, 2.45) is 5.73 Å². The van der Waals surface area contributed by atoms with Crippen molar-refractivity contribution in [3.05, 3.63) is 0 Å². The summed E-state index contributed by atoms with van der Waals surface area (Å²) in [5, 5.41) is 0. The van der Waals surface area contributed by atoms with Crippen LogP contribution in [0.3, 0.4) is 0 Å². The molecule has 0 aromatic heterocycles.